The summed E-state index contributed by atoms with van der Waals surface area (Å²) in [6.07, 6.45) is 4.44. The molecule has 0 N–H and O–H groups in total. The van der Waals surface area contributed by atoms with Crippen molar-refractivity contribution >= 4 is 17.8 Å². The van der Waals surface area contributed by atoms with Gasteiger partial charge in [-0.15, -0.1) is 0 Å². The summed E-state index contributed by atoms with van der Waals surface area (Å²) >= 11 is 6.01. The Bertz CT molecular complexity index is 374. The highest BCUT2D eigenvalue weighted by atomic mass is 35.5. The van der Waals surface area contributed by atoms with E-state index >= 15 is 0 Å². The zero-order chi connectivity index (χ0) is 12.0. The van der Waals surface area contributed by atoms with Gasteiger partial charge in [0, 0.05) is 23.3 Å². The van der Waals surface area contributed by atoms with Crippen LogP contribution in [0.3, 0.4) is 0 Å². The fourth-order valence-corrected chi connectivity index (χ4v) is 1.81. The maximum atomic E-state index is 13.6. The lowest BCUT2D eigenvalue weighted by Gasteiger charge is -2.06. The summed E-state index contributed by atoms with van der Waals surface area (Å²) in [5.41, 5.74) is 1.37. The van der Waals surface area contributed by atoms with Gasteiger partial charge in [-0.3, -0.25) is 4.99 Å². The van der Waals surface area contributed by atoms with Gasteiger partial charge in [0.25, 0.3) is 0 Å². The van der Waals surface area contributed by atoms with E-state index in [4.69, 9.17) is 11.6 Å². The summed E-state index contributed by atoms with van der Waals surface area (Å²) in [5.74, 6) is -0.249. The number of rotatable bonds is 5. The van der Waals surface area contributed by atoms with Crippen molar-refractivity contribution in [3.05, 3.63) is 34.1 Å². The van der Waals surface area contributed by atoms with Crippen molar-refractivity contribution in [2.24, 2.45) is 4.99 Å². The van der Waals surface area contributed by atoms with Crippen molar-refractivity contribution in [1.29, 1.82) is 0 Å². The average Bonchev–Trinajstić information content (AvgIpc) is 2.29. The minimum absolute atomic E-state index is 0.249. The Balaban J connectivity index is 2.93. The lowest BCUT2D eigenvalue weighted by atomic mass is 10.1. The molecule has 1 nitrogen and oxygen atoms in total. The monoisotopic (exact) mass is 241 g/mol. The molecule has 16 heavy (non-hydrogen) atoms. The molecule has 0 saturated carbocycles. The van der Waals surface area contributed by atoms with E-state index in [1.54, 1.807) is 12.3 Å². The molecule has 1 aromatic rings. The van der Waals surface area contributed by atoms with Crippen molar-refractivity contribution in [3.8, 4) is 0 Å². The largest absolute Gasteiger partial charge is 0.292 e. The molecule has 88 valence electrons. The normalized spacial score (nSPS) is 11.2. The Morgan fingerprint density at radius 1 is 1.38 bits per heavy atom. The van der Waals surface area contributed by atoms with E-state index in [2.05, 4.69) is 11.9 Å². The number of nitrogens with zero attached hydrogens (tertiary/aromatic N) is 1. The molecule has 0 bridgehead atoms. The van der Waals surface area contributed by atoms with Gasteiger partial charge in [-0.25, -0.2) is 4.39 Å². The van der Waals surface area contributed by atoms with E-state index in [1.807, 2.05) is 6.92 Å². The van der Waals surface area contributed by atoms with E-state index in [0.717, 1.165) is 24.9 Å². The highest BCUT2D eigenvalue weighted by Crippen LogP contribution is 2.22. The smallest absolute Gasteiger partial charge is 0.132 e. The average molecular weight is 242 g/mol. The lowest BCUT2D eigenvalue weighted by molar-refractivity contribution is 0.623. The van der Waals surface area contributed by atoms with E-state index in [1.165, 1.54) is 6.07 Å². The summed E-state index contributed by atoms with van der Waals surface area (Å²) in [6.45, 7) is 4.81. The molecule has 0 radical (unpaired) electrons. The summed E-state index contributed by atoms with van der Waals surface area (Å²) in [4.78, 5) is 4.22. The Morgan fingerprint density at radius 3 is 2.75 bits per heavy atom. The number of benzene rings is 1. The van der Waals surface area contributed by atoms with Crippen LogP contribution in [0.4, 0.5) is 4.39 Å². The molecule has 0 aliphatic rings. The number of hydrogen-bond donors (Lipinski definition) is 0. The summed E-state index contributed by atoms with van der Waals surface area (Å²) < 4.78 is 13.6. The van der Waals surface area contributed by atoms with Gasteiger partial charge in [0.05, 0.1) is 0 Å². The van der Waals surface area contributed by atoms with E-state index in [0.29, 0.717) is 17.0 Å². The second-order valence-electron chi connectivity index (χ2n) is 3.66. The molecular formula is C13H17ClFN. The minimum atomic E-state index is -0.249. The minimum Gasteiger partial charge on any atom is -0.292 e. The van der Waals surface area contributed by atoms with Crippen LogP contribution in [-0.4, -0.2) is 12.8 Å². The molecule has 3 heteroatoms. The van der Waals surface area contributed by atoms with Gasteiger partial charge in [-0.1, -0.05) is 31.9 Å². The van der Waals surface area contributed by atoms with Crippen LogP contribution in [0.25, 0.3) is 0 Å². The lowest BCUT2D eigenvalue weighted by Crippen LogP contribution is -1.98. The number of unbranched alkanes of at least 4 members (excludes halogenated alkanes) is 1. The van der Waals surface area contributed by atoms with E-state index in [-0.39, 0.29) is 5.82 Å². The molecule has 0 spiro atoms. The second-order valence-corrected chi connectivity index (χ2v) is 4.07. The predicted octanol–water partition coefficient (Wildman–Crippen LogP) is 4.26. The van der Waals surface area contributed by atoms with Crippen LogP contribution in [0.1, 0.15) is 37.8 Å². The Kier molecular flexibility index (Phi) is 5.47. The second kappa shape index (κ2) is 6.64. The van der Waals surface area contributed by atoms with Gasteiger partial charge in [0.2, 0.25) is 0 Å². The van der Waals surface area contributed by atoms with Gasteiger partial charge in [0.1, 0.15) is 5.82 Å². The standard InChI is InChI=1S/C13H17ClFN/c1-3-5-8-16-9-11-10(4-2)12(14)6-7-13(11)15/h6-7,9H,3-5,8H2,1-2H3. The fraction of sp³-hybridized carbons (Fsp3) is 0.462. The highest BCUT2D eigenvalue weighted by molar-refractivity contribution is 6.31. The molecule has 1 rings (SSSR count). The Labute approximate surface area is 101 Å². The third-order valence-corrected chi connectivity index (χ3v) is 2.82. The molecule has 0 fully saturated rings. The number of halogens is 2. The third kappa shape index (κ3) is 3.31. The van der Waals surface area contributed by atoms with Gasteiger partial charge in [0.15, 0.2) is 0 Å². The van der Waals surface area contributed by atoms with Crippen molar-refractivity contribution in [3.63, 3.8) is 0 Å². The Morgan fingerprint density at radius 2 is 2.12 bits per heavy atom. The topological polar surface area (TPSA) is 12.4 Å². The van der Waals surface area contributed by atoms with Crippen LogP contribution in [0.5, 0.6) is 0 Å². The number of aliphatic imine (C=N–C) groups is 1. The molecule has 0 unspecified atom stereocenters. The molecule has 0 heterocycles. The molecule has 0 aromatic heterocycles. The fourth-order valence-electron chi connectivity index (χ4n) is 1.51. The molecular weight excluding hydrogens is 225 g/mol. The highest BCUT2D eigenvalue weighted by Gasteiger charge is 2.08. The quantitative estimate of drug-likeness (QED) is 0.540. The third-order valence-electron chi connectivity index (χ3n) is 2.46. The van der Waals surface area contributed by atoms with Crippen LogP contribution in [-0.2, 0) is 6.42 Å². The first-order valence-corrected chi connectivity index (χ1v) is 6.05. The van der Waals surface area contributed by atoms with Gasteiger partial charge < -0.3 is 0 Å². The first-order valence-electron chi connectivity index (χ1n) is 5.67. The van der Waals surface area contributed by atoms with Gasteiger partial charge >= 0.3 is 0 Å². The zero-order valence-electron chi connectivity index (χ0n) is 9.76. The summed E-state index contributed by atoms with van der Waals surface area (Å²) in [7, 11) is 0. The zero-order valence-corrected chi connectivity index (χ0v) is 10.5. The molecule has 0 atom stereocenters. The van der Waals surface area contributed by atoms with Crippen LogP contribution in [0, 0.1) is 5.82 Å². The molecule has 0 aliphatic heterocycles. The van der Waals surface area contributed by atoms with Gasteiger partial charge in [-0.05, 0) is 30.5 Å². The van der Waals surface area contributed by atoms with Crippen molar-refractivity contribution in [1.82, 2.24) is 0 Å². The number of hydrogen-bond acceptors (Lipinski definition) is 1. The SMILES string of the molecule is CCCCN=Cc1c(F)ccc(Cl)c1CC. The Hall–Kier alpha value is -0.890. The van der Waals surface area contributed by atoms with Crippen LogP contribution < -0.4 is 0 Å². The molecule has 0 aliphatic carbocycles. The van der Waals surface area contributed by atoms with Crippen molar-refractivity contribution in [2.45, 2.75) is 33.1 Å². The predicted molar refractivity (Wildman–Crippen MR) is 68.2 cm³/mol. The van der Waals surface area contributed by atoms with Gasteiger partial charge in [-0.2, -0.15) is 0 Å². The van der Waals surface area contributed by atoms with Crippen molar-refractivity contribution < 1.29 is 4.39 Å². The van der Waals surface area contributed by atoms with Crippen LogP contribution >= 0.6 is 11.6 Å². The maximum absolute atomic E-state index is 13.6. The van der Waals surface area contributed by atoms with Crippen molar-refractivity contribution in [2.75, 3.05) is 6.54 Å². The first kappa shape index (κ1) is 13.2. The summed E-state index contributed by atoms with van der Waals surface area (Å²) in [5, 5.41) is 0.612. The van der Waals surface area contributed by atoms with E-state index < -0.39 is 0 Å². The maximum Gasteiger partial charge on any atom is 0.132 e. The first-order chi connectivity index (χ1) is 7.70. The van der Waals surface area contributed by atoms with Crippen LogP contribution in [0.2, 0.25) is 5.02 Å². The molecule has 0 amide bonds. The summed E-state index contributed by atoms with van der Waals surface area (Å²) in [6, 6.07) is 2.99. The molecule has 1 aromatic carbocycles. The van der Waals surface area contributed by atoms with Crippen LogP contribution in [0.15, 0.2) is 17.1 Å². The van der Waals surface area contributed by atoms with E-state index in [9.17, 15) is 4.39 Å². The molecule has 0 saturated heterocycles.